The maximum Gasteiger partial charge on any atom is 0.159 e. The van der Waals surface area contributed by atoms with E-state index in [9.17, 15) is 0 Å². The summed E-state index contributed by atoms with van der Waals surface area (Å²) in [6, 6.07) is 0. The fourth-order valence-electron chi connectivity index (χ4n) is 2.09. The SMILES string of the molecule is CCCC(OC)=C(COCOCOCC(OC)=C(CCC)OC)OC. The number of allylic oxidation sites excluding steroid dienone is 2. The van der Waals surface area contributed by atoms with Crippen LogP contribution in [0.5, 0.6) is 0 Å². The van der Waals surface area contributed by atoms with Crippen molar-refractivity contribution < 1.29 is 33.2 Å². The summed E-state index contributed by atoms with van der Waals surface area (Å²) in [5.74, 6) is 2.92. The van der Waals surface area contributed by atoms with Crippen LogP contribution in [0.1, 0.15) is 39.5 Å². The van der Waals surface area contributed by atoms with Gasteiger partial charge in [0.05, 0.1) is 28.4 Å². The molecule has 0 aliphatic carbocycles. The summed E-state index contributed by atoms with van der Waals surface area (Å²) in [5, 5.41) is 0. The van der Waals surface area contributed by atoms with E-state index < -0.39 is 0 Å². The Hall–Kier alpha value is -1.44. The Bertz CT molecular complexity index is 355. The first-order valence-electron chi connectivity index (χ1n) is 8.51. The minimum Gasteiger partial charge on any atom is -0.498 e. The Balaban J connectivity index is 4.10. The van der Waals surface area contributed by atoms with Crippen LogP contribution < -0.4 is 0 Å². The standard InChI is InChI=1S/C18H34O7/c1-7-9-15(19-3)17(21-5)11-23-13-25-14-24-12-18(22-6)16(20-4)10-8-2/h7-14H2,1-6H3. The molecule has 0 aromatic rings. The molecule has 0 aliphatic rings. The molecule has 0 saturated carbocycles. The maximum absolute atomic E-state index is 5.42. The van der Waals surface area contributed by atoms with Crippen molar-refractivity contribution in [2.45, 2.75) is 39.5 Å². The van der Waals surface area contributed by atoms with Crippen molar-refractivity contribution in [2.75, 3.05) is 55.2 Å². The van der Waals surface area contributed by atoms with Gasteiger partial charge in [0.1, 0.15) is 38.3 Å². The van der Waals surface area contributed by atoms with Crippen LogP contribution in [0, 0.1) is 0 Å². The maximum atomic E-state index is 5.42. The summed E-state index contributed by atoms with van der Waals surface area (Å²) in [4.78, 5) is 0. The van der Waals surface area contributed by atoms with Gasteiger partial charge in [-0.15, -0.1) is 0 Å². The van der Waals surface area contributed by atoms with Crippen molar-refractivity contribution in [1.82, 2.24) is 0 Å². The van der Waals surface area contributed by atoms with E-state index >= 15 is 0 Å². The largest absolute Gasteiger partial charge is 0.498 e. The molecule has 0 heterocycles. The van der Waals surface area contributed by atoms with Crippen LogP contribution >= 0.6 is 0 Å². The van der Waals surface area contributed by atoms with Crippen molar-refractivity contribution in [1.29, 1.82) is 0 Å². The van der Waals surface area contributed by atoms with Crippen molar-refractivity contribution in [3.8, 4) is 0 Å². The van der Waals surface area contributed by atoms with Gasteiger partial charge in [-0.1, -0.05) is 13.8 Å². The minimum absolute atomic E-state index is 0.0914. The molecule has 0 aromatic heterocycles. The molecule has 0 amide bonds. The van der Waals surface area contributed by atoms with Crippen LogP contribution in [-0.2, 0) is 33.2 Å². The van der Waals surface area contributed by atoms with Gasteiger partial charge in [-0.2, -0.15) is 0 Å². The first-order valence-corrected chi connectivity index (χ1v) is 8.51. The molecular weight excluding hydrogens is 328 g/mol. The molecule has 0 aliphatic heterocycles. The predicted octanol–water partition coefficient (Wildman–Crippen LogP) is 3.56. The Labute approximate surface area is 151 Å². The molecule has 0 saturated heterocycles. The van der Waals surface area contributed by atoms with Gasteiger partial charge in [-0.3, -0.25) is 0 Å². The highest BCUT2D eigenvalue weighted by atomic mass is 16.7. The van der Waals surface area contributed by atoms with E-state index in [0.717, 1.165) is 37.2 Å². The molecule has 0 rings (SSSR count). The third-order valence-electron chi connectivity index (χ3n) is 3.36. The zero-order chi connectivity index (χ0) is 18.9. The monoisotopic (exact) mass is 362 g/mol. The minimum atomic E-state index is 0.0914. The van der Waals surface area contributed by atoms with E-state index in [1.165, 1.54) is 0 Å². The van der Waals surface area contributed by atoms with Gasteiger partial charge in [0, 0.05) is 12.8 Å². The quantitative estimate of drug-likeness (QED) is 0.236. The lowest BCUT2D eigenvalue weighted by Crippen LogP contribution is -2.11. The molecule has 0 atom stereocenters. The zero-order valence-corrected chi connectivity index (χ0v) is 16.5. The first kappa shape index (κ1) is 23.6. The smallest absolute Gasteiger partial charge is 0.159 e. The topological polar surface area (TPSA) is 64.6 Å². The van der Waals surface area contributed by atoms with Gasteiger partial charge < -0.3 is 33.2 Å². The van der Waals surface area contributed by atoms with Crippen molar-refractivity contribution >= 4 is 0 Å². The second-order valence-corrected chi connectivity index (χ2v) is 5.15. The summed E-state index contributed by atoms with van der Waals surface area (Å²) >= 11 is 0. The van der Waals surface area contributed by atoms with Crippen LogP contribution in [-0.4, -0.2) is 55.2 Å². The molecule has 7 nitrogen and oxygen atoms in total. The molecule has 0 N–H and O–H groups in total. The third kappa shape index (κ3) is 10.2. The van der Waals surface area contributed by atoms with Crippen LogP contribution in [0.25, 0.3) is 0 Å². The van der Waals surface area contributed by atoms with E-state index in [-0.39, 0.29) is 26.8 Å². The average molecular weight is 362 g/mol. The third-order valence-corrected chi connectivity index (χ3v) is 3.36. The molecule has 0 spiro atoms. The predicted molar refractivity (Wildman–Crippen MR) is 94.6 cm³/mol. The number of hydrogen-bond acceptors (Lipinski definition) is 7. The number of methoxy groups -OCH3 is 4. The molecule has 7 heteroatoms. The average Bonchev–Trinajstić information content (AvgIpc) is 2.64. The fourth-order valence-corrected chi connectivity index (χ4v) is 2.09. The summed E-state index contributed by atoms with van der Waals surface area (Å²) in [7, 11) is 6.45. The van der Waals surface area contributed by atoms with Gasteiger partial charge in [0.2, 0.25) is 0 Å². The Morgan fingerprint density at radius 1 is 0.520 bits per heavy atom. The molecular formula is C18H34O7. The highest BCUT2D eigenvalue weighted by molar-refractivity contribution is 5.02. The van der Waals surface area contributed by atoms with Gasteiger partial charge in [0.25, 0.3) is 0 Å². The van der Waals surface area contributed by atoms with Crippen LogP contribution in [0.3, 0.4) is 0 Å². The highest BCUT2D eigenvalue weighted by Gasteiger charge is 2.09. The van der Waals surface area contributed by atoms with Crippen LogP contribution in [0.15, 0.2) is 23.0 Å². The summed E-state index contributed by atoms with van der Waals surface area (Å²) in [6.45, 7) is 4.90. The Kier molecular flexibility index (Phi) is 15.1. The fraction of sp³-hybridized carbons (Fsp3) is 0.778. The molecule has 0 unspecified atom stereocenters. The van der Waals surface area contributed by atoms with Crippen molar-refractivity contribution in [3.05, 3.63) is 23.0 Å². The normalized spacial score (nSPS) is 13.0. The van der Waals surface area contributed by atoms with Gasteiger partial charge in [-0.05, 0) is 12.8 Å². The number of ether oxygens (including phenoxy) is 7. The summed E-state index contributed by atoms with van der Waals surface area (Å²) in [5.41, 5.74) is 0. The van der Waals surface area contributed by atoms with Gasteiger partial charge in [0.15, 0.2) is 11.5 Å². The van der Waals surface area contributed by atoms with E-state index in [1.54, 1.807) is 28.4 Å². The molecule has 0 radical (unpaired) electrons. The second kappa shape index (κ2) is 16.1. The molecule has 148 valence electrons. The summed E-state index contributed by atoms with van der Waals surface area (Å²) < 4.78 is 37.3. The zero-order valence-electron chi connectivity index (χ0n) is 16.5. The van der Waals surface area contributed by atoms with E-state index in [0.29, 0.717) is 11.5 Å². The molecule has 25 heavy (non-hydrogen) atoms. The second-order valence-electron chi connectivity index (χ2n) is 5.15. The lowest BCUT2D eigenvalue weighted by atomic mass is 10.2. The van der Waals surface area contributed by atoms with E-state index in [1.807, 2.05) is 0 Å². The van der Waals surface area contributed by atoms with Gasteiger partial charge in [-0.25, -0.2) is 0 Å². The lowest BCUT2D eigenvalue weighted by molar-refractivity contribution is -0.130. The lowest BCUT2D eigenvalue weighted by Gasteiger charge is -2.14. The Morgan fingerprint density at radius 3 is 1.16 bits per heavy atom. The highest BCUT2D eigenvalue weighted by Crippen LogP contribution is 2.14. The number of rotatable bonds is 16. The molecule has 0 aromatic carbocycles. The number of hydrogen-bond donors (Lipinski definition) is 0. The van der Waals surface area contributed by atoms with E-state index in [4.69, 9.17) is 33.2 Å². The summed E-state index contributed by atoms with van der Waals surface area (Å²) in [6.07, 6.45) is 3.55. The molecule has 0 bridgehead atoms. The van der Waals surface area contributed by atoms with E-state index in [2.05, 4.69) is 13.8 Å². The van der Waals surface area contributed by atoms with Gasteiger partial charge >= 0.3 is 0 Å². The van der Waals surface area contributed by atoms with Crippen LogP contribution in [0.2, 0.25) is 0 Å². The van der Waals surface area contributed by atoms with Crippen molar-refractivity contribution in [3.63, 3.8) is 0 Å². The van der Waals surface area contributed by atoms with Crippen LogP contribution in [0.4, 0.5) is 0 Å². The Morgan fingerprint density at radius 2 is 0.880 bits per heavy atom. The molecule has 0 fully saturated rings. The van der Waals surface area contributed by atoms with Crippen molar-refractivity contribution in [2.24, 2.45) is 0 Å². The first-order chi connectivity index (χ1) is 12.2.